The zero-order chi connectivity index (χ0) is 29.1. The van der Waals surface area contributed by atoms with E-state index in [1.165, 1.54) is 7.11 Å². The third kappa shape index (κ3) is 8.43. The minimum Gasteiger partial charge on any atom is -0.492 e. The van der Waals surface area contributed by atoms with Crippen molar-refractivity contribution in [1.29, 1.82) is 0 Å². The molecule has 212 valence electrons. The Bertz CT molecular complexity index is 1270. The number of para-hydroxylation sites is 1. The number of nitrogens with zero attached hydrogens (tertiary/aromatic N) is 1. The molecule has 7 nitrogen and oxygen atoms in total. The van der Waals surface area contributed by atoms with Crippen molar-refractivity contribution in [2.45, 2.75) is 46.6 Å². The second kappa shape index (κ2) is 14.3. The Hall–Kier alpha value is -4.13. The molecule has 40 heavy (non-hydrogen) atoms. The van der Waals surface area contributed by atoms with Crippen LogP contribution in [0.3, 0.4) is 0 Å². The van der Waals surface area contributed by atoms with E-state index in [1.54, 1.807) is 30.3 Å². The van der Waals surface area contributed by atoms with Crippen LogP contribution in [0.25, 0.3) is 0 Å². The summed E-state index contributed by atoms with van der Waals surface area (Å²) in [4.78, 5) is 40.4. The van der Waals surface area contributed by atoms with E-state index in [0.29, 0.717) is 48.7 Å². The Kier molecular flexibility index (Phi) is 10.9. The highest BCUT2D eigenvalue weighted by atomic mass is 16.5. The molecule has 0 saturated heterocycles. The summed E-state index contributed by atoms with van der Waals surface area (Å²) in [7, 11) is 1.35. The molecule has 0 saturated carbocycles. The minimum absolute atomic E-state index is 0.113. The summed E-state index contributed by atoms with van der Waals surface area (Å²) in [6.07, 6.45) is 1.24. The number of hydrogen-bond donors (Lipinski definition) is 1. The second-order valence-electron chi connectivity index (χ2n) is 10.7. The Labute approximate surface area is 237 Å². The number of ether oxygens (including phenoxy) is 2. The molecule has 0 spiro atoms. The number of ketones is 1. The maximum Gasteiger partial charge on any atom is 0.328 e. The topological polar surface area (TPSA) is 84.9 Å². The smallest absolute Gasteiger partial charge is 0.328 e. The van der Waals surface area contributed by atoms with Gasteiger partial charge in [-0.15, -0.1) is 0 Å². The van der Waals surface area contributed by atoms with Crippen molar-refractivity contribution in [2.75, 3.05) is 32.1 Å². The molecule has 1 unspecified atom stereocenters. The van der Waals surface area contributed by atoms with Crippen LogP contribution in [0.1, 0.15) is 55.6 Å². The molecular weight excluding hydrogens is 504 g/mol. The van der Waals surface area contributed by atoms with Gasteiger partial charge in [0.25, 0.3) is 0 Å². The third-order valence-corrected chi connectivity index (χ3v) is 6.44. The number of amides is 1. The lowest BCUT2D eigenvalue weighted by molar-refractivity contribution is -0.141. The molecule has 7 heteroatoms. The van der Waals surface area contributed by atoms with E-state index in [9.17, 15) is 14.4 Å². The van der Waals surface area contributed by atoms with Crippen LogP contribution in [-0.4, -0.2) is 55.4 Å². The van der Waals surface area contributed by atoms with Gasteiger partial charge in [-0.25, -0.2) is 4.79 Å². The van der Waals surface area contributed by atoms with Crippen LogP contribution in [0.15, 0.2) is 78.9 Å². The summed E-state index contributed by atoms with van der Waals surface area (Å²) in [5.41, 5.74) is 2.08. The maximum absolute atomic E-state index is 13.1. The molecule has 0 radical (unpaired) electrons. The lowest BCUT2D eigenvalue weighted by Gasteiger charge is -2.29. The van der Waals surface area contributed by atoms with Gasteiger partial charge in [0, 0.05) is 35.2 Å². The lowest BCUT2D eigenvalue weighted by Crippen LogP contribution is -2.42. The molecule has 0 aliphatic rings. The fraction of sp³-hybridized carbons (Fsp3) is 0.364. The molecule has 3 aromatic rings. The van der Waals surface area contributed by atoms with Crippen LogP contribution >= 0.6 is 0 Å². The molecule has 0 bridgehead atoms. The van der Waals surface area contributed by atoms with Gasteiger partial charge in [-0.3, -0.25) is 9.59 Å². The van der Waals surface area contributed by atoms with Crippen molar-refractivity contribution < 1.29 is 23.9 Å². The van der Waals surface area contributed by atoms with E-state index in [-0.39, 0.29) is 11.7 Å². The van der Waals surface area contributed by atoms with E-state index >= 15 is 0 Å². The zero-order valence-corrected chi connectivity index (χ0v) is 24.1. The van der Waals surface area contributed by atoms with E-state index < -0.39 is 17.4 Å². The van der Waals surface area contributed by atoms with E-state index in [2.05, 4.69) is 12.2 Å². The summed E-state index contributed by atoms with van der Waals surface area (Å²) < 4.78 is 11.0. The average Bonchev–Trinajstić information content (AvgIpc) is 2.96. The third-order valence-electron chi connectivity index (χ3n) is 6.44. The molecule has 0 aliphatic carbocycles. The minimum atomic E-state index is -0.701. The van der Waals surface area contributed by atoms with Crippen molar-refractivity contribution in [2.24, 2.45) is 5.41 Å². The molecule has 1 N–H and O–H groups in total. The number of carbonyl (C=O) groups excluding carboxylic acids is 3. The van der Waals surface area contributed by atoms with Crippen molar-refractivity contribution >= 4 is 23.3 Å². The first kappa shape index (κ1) is 30.4. The van der Waals surface area contributed by atoms with Crippen LogP contribution in [0.5, 0.6) is 5.75 Å². The average molecular weight is 545 g/mol. The number of anilines is 1. The first-order valence-corrected chi connectivity index (χ1v) is 13.7. The number of hydrogen-bond acceptors (Lipinski definition) is 6. The predicted octanol–water partition coefficient (Wildman–Crippen LogP) is 5.78. The van der Waals surface area contributed by atoms with Gasteiger partial charge in [-0.2, -0.15) is 0 Å². The number of rotatable bonds is 13. The van der Waals surface area contributed by atoms with E-state index in [0.717, 1.165) is 12.0 Å². The number of carbonyl (C=O) groups is 3. The lowest BCUT2D eigenvalue weighted by atomic mass is 9.94. The highest BCUT2D eigenvalue weighted by Gasteiger charge is 2.27. The van der Waals surface area contributed by atoms with Gasteiger partial charge in [-0.1, -0.05) is 82.3 Å². The predicted molar refractivity (Wildman–Crippen MR) is 158 cm³/mol. The van der Waals surface area contributed by atoms with Crippen LogP contribution in [0.4, 0.5) is 5.69 Å². The Morgan fingerprint density at radius 1 is 0.875 bits per heavy atom. The Balaban J connectivity index is 1.66. The van der Waals surface area contributed by atoms with Crippen LogP contribution in [0, 0.1) is 5.41 Å². The van der Waals surface area contributed by atoms with Crippen LogP contribution in [0.2, 0.25) is 0 Å². The molecule has 0 aliphatic heterocycles. The quantitative estimate of drug-likeness (QED) is 0.217. The summed E-state index contributed by atoms with van der Waals surface area (Å²) in [6.45, 7) is 9.43. The molecule has 1 atom stereocenters. The van der Waals surface area contributed by atoms with Crippen LogP contribution in [-0.2, 0) is 20.7 Å². The van der Waals surface area contributed by atoms with Crippen molar-refractivity contribution in [3.8, 4) is 5.75 Å². The van der Waals surface area contributed by atoms with Gasteiger partial charge in [0.2, 0.25) is 5.91 Å². The number of nitrogens with one attached hydrogen (secondary N) is 1. The Morgan fingerprint density at radius 3 is 2.15 bits per heavy atom. The first-order valence-electron chi connectivity index (χ1n) is 13.7. The van der Waals surface area contributed by atoms with Gasteiger partial charge in [-0.05, 0) is 36.2 Å². The molecule has 0 heterocycles. The standard InChI is InChI=1S/C33H40N2O5/c1-6-20-35(32(38)33(2,3)4)21-22-40-26-18-16-24(17-19-26)23-29(31(37)39-5)34-28-15-11-10-14-27(28)30(36)25-12-8-7-9-13-25/h7-19,29,34H,6,20-23H2,1-5H3. The normalized spacial score (nSPS) is 11.8. The highest BCUT2D eigenvalue weighted by Crippen LogP contribution is 2.22. The SMILES string of the molecule is CCCN(CCOc1ccc(CC(Nc2ccccc2C(=O)c2ccccc2)C(=O)OC)cc1)C(=O)C(C)(C)C. The molecule has 0 fully saturated rings. The first-order chi connectivity index (χ1) is 19.1. The van der Waals surface area contributed by atoms with Crippen molar-refractivity contribution in [1.82, 2.24) is 4.90 Å². The van der Waals surface area contributed by atoms with E-state index in [1.807, 2.05) is 74.2 Å². The Morgan fingerprint density at radius 2 is 1.52 bits per heavy atom. The monoisotopic (exact) mass is 544 g/mol. The summed E-state index contributed by atoms with van der Waals surface area (Å²) in [5, 5.41) is 3.23. The number of methoxy groups -OCH3 is 1. The van der Waals surface area contributed by atoms with Crippen molar-refractivity contribution in [3.05, 3.63) is 95.6 Å². The van der Waals surface area contributed by atoms with Gasteiger partial charge >= 0.3 is 5.97 Å². The van der Waals surface area contributed by atoms with Crippen LogP contribution < -0.4 is 10.1 Å². The van der Waals surface area contributed by atoms with Gasteiger partial charge in [0.15, 0.2) is 5.78 Å². The van der Waals surface area contributed by atoms with Crippen molar-refractivity contribution in [3.63, 3.8) is 0 Å². The fourth-order valence-electron chi connectivity index (χ4n) is 4.37. The summed E-state index contributed by atoms with van der Waals surface area (Å²) in [6, 6.07) is 23.0. The maximum atomic E-state index is 13.1. The molecule has 3 rings (SSSR count). The van der Waals surface area contributed by atoms with Gasteiger partial charge in [0.05, 0.1) is 13.7 Å². The fourth-order valence-corrected chi connectivity index (χ4v) is 4.37. The number of esters is 1. The summed E-state index contributed by atoms with van der Waals surface area (Å²) in [5.74, 6) is 0.240. The largest absolute Gasteiger partial charge is 0.492 e. The number of benzene rings is 3. The molecule has 1 amide bonds. The van der Waals surface area contributed by atoms with E-state index in [4.69, 9.17) is 9.47 Å². The summed E-state index contributed by atoms with van der Waals surface area (Å²) >= 11 is 0. The van der Waals surface area contributed by atoms with Gasteiger partial charge < -0.3 is 19.7 Å². The second-order valence-corrected chi connectivity index (χ2v) is 10.7. The molecular formula is C33H40N2O5. The zero-order valence-electron chi connectivity index (χ0n) is 24.1. The molecule has 0 aromatic heterocycles. The highest BCUT2D eigenvalue weighted by molar-refractivity contribution is 6.12. The van der Waals surface area contributed by atoms with Gasteiger partial charge in [0.1, 0.15) is 18.4 Å². The molecule has 3 aromatic carbocycles.